The van der Waals surface area contributed by atoms with Gasteiger partial charge in [0.05, 0.1) is 6.61 Å². The Morgan fingerprint density at radius 3 is 2.16 bits per heavy atom. The fraction of sp³-hybridized carbons (Fsp3) is 0.882. The van der Waals surface area contributed by atoms with Gasteiger partial charge in [-0.25, -0.2) is 0 Å². The first kappa shape index (κ1) is 26.7. The average Bonchev–Trinajstić information content (AvgIpc) is 2.76. The van der Waals surface area contributed by atoms with Crippen LogP contribution >= 0.6 is 0 Å². The highest BCUT2D eigenvalue weighted by molar-refractivity contribution is 5.75. The lowest BCUT2D eigenvalue weighted by atomic mass is 9.97. The standard InChI is InChI=1S/C17H29NO14/c18-5(15(26)27)1-2-8(20)29-4-7-9(21)10(22)13(25)17(31-7)32-14-6(3-19)30-16(28)12(24)11(14)23/h5-7,9-14,16-17,19,21-25,28H,1-4,18H2,(H,26,27)/t5-,6+,7+,9-,10-,11+,12+,13+,14+,16-,17-/m0/s1. The Kier molecular flexibility index (Phi) is 9.68. The molecule has 2 fully saturated rings. The largest absolute Gasteiger partial charge is 0.480 e. The summed E-state index contributed by atoms with van der Waals surface area (Å²) in [5.74, 6) is -2.15. The number of rotatable bonds is 9. The lowest BCUT2D eigenvalue weighted by molar-refractivity contribution is -0.355. The first-order valence-corrected chi connectivity index (χ1v) is 9.77. The van der Waals surface area contributed by atoms with Crippen molar-refractivity contribution in [2.24, 2.45) is 5.73 Å². The molecule has 2 heterocycles. The highest BCUT2D eigenvalue weighted by Gasteiger charge is 2.50. The summed E-state index contributed by atoms with van der Waals surface area (Å²) < 4.78 is 20.5. The molecular weight excluding hydrogens is 442 g/mol. The zero-order valence-electron chi connectivity index (χ0n) is 16.8. The number of nitrogens with two attached hydrogens (primary N) is 1. The molecule has 186 valence electrons. The quantitative estimate of drug-likeness (QED) is 0.142. The molecule has 0 saturated carbocycles. The van der Waals surface area contributed by atoms with E-state index in [9.17, 15) is 45.3 Å². The van der Waals surface area contributed by atoms with Crippen LogP contribution in [0.2, 0.25) is 0 Å². The Morgan fingerprint density at radius 1 is 0.906 bits per heavy atom. The Labute approximate surface area is 181 Å². The maximum Gasteiger partial charge on any atom is 0.320 e. The summed E-state index contributed by atoms with van der Waals surface area (Å²) in [5.41, 5.74) is 5.29. The average molecular weight is 471 g/mol. The Balaban J connectivity index is 1.99. The molecule has 0 bridgehead atoms. The summed E-state index contributed by atoms with van der Waals surface area (Å²) in [5, 5.41) is 77.9. The van der Waals surface area contributed by atoms with Gasteiger partial charge in [0.15, 0.2) is 12.6 Å². The number of aliphatic carboxylic acids is 1. The van der Waals surface area contributed by atoms with Crippen LogP contribution in [0.1, 0.15) is 12.8 Å². The van der Waals surface area contributed by atoms with Gasteiger partial charge in [0.1, 0.15) is 61.5 Å². The van der Waals surface area contributed by atoms with Gasteiger partial charge in [-0.2, -0.15) is 0 Å². The third-order valence-corrected chi connectivity index (χ3v) is 5.18. The van der Waals surface area contributed by atoms with Crippen molar-refractivity contribution in [3.05, 3.63) is 0 Å². The summed E-state index contributed by atoms with van der Waals surface area (Å²) >= 11 is 0. The van der Waals surface area contributed by atoms with Crippen LogP contribution in [0.5, 0.6) is 0 Å². The van der Waals surface area contributed by atoms with E-state index in [1.54, 1.807) is 0 Å². The van der Waals surface area contributed by atoms with Gasteiger partial charge in [0, 0.05) is 6.42 Å². The molecule has 15 nitrogen and oxygen atoms in total. The maximum absolute atomic E-state index is 11.8. The summed E-state index contributed by atoms with van der Waals surface area (Å²) in [6.45, 7) is -1.36. The van der Waals surface area contributed by atoms with Gasteiger partial charge in [-0.3, -0.25) is 9.59 Å². The molecule has 0 aromatic carbocycles. The van der Waals surface area contributed by atoms with Crippen molar-refractivity contribution in [3.8, 4) is 0 Å². The second-order valence-corrected chi connectivity index (χ2v) is 7.51. The fourth-order valence-corrected chi connectivity index (χ4v) is 3.20. The molecule has 11 atom stereocenters. The van der Waals surface area contributed by atoms with Crippen molar-refractivity contribution in [3.63, 3.8) is 0 Å². The monoisotopic (exact) mass is 471 g/mol. The van der Waals surface area contributed by atoms with Gasteiger partial charge < -0.3 is 65.5 Å². The van der Waals surface area contributed by atoms with Gasteiger partial charge in [-0.05, 0) is 6.42 Å². The highest BCUT2D eigenvalue weighted by Crippen LogP contribution is 2.28. The Morgan fingerprint density at radius 2 is 1.56 bits per heavy atom. The van der Waals surface area contributed by atoms with E-state index in [4.69, 9.17) is 29.8 Å². The molecule has 2 saturated heterocycles. The summed E-state index contributed by atoms with van der Waals surface area (Å²) in [7, 11) is 0. The smallest absolute Gasteiger partial charge is 0.320 e. The first-order chi connectivity index (χ1) is 15.0. The van der Waals surface area contributed by atoms with E-state index in [1.807, 2.05) is 0 Å². The molecule has 2 rings (SSSR count). The number of esters is 1. The number of aliphatic hydroxyl groups is 7. The van der Waals surface area contributed by atoms with Crippen LogP contribution in [0.15, 0.2) is 0 Å². The number of carbonyl (C=O) groups is 2. The summed E-state index contributed by atoms with van der Waals surface area (Å²) in [6, 6.07) is -1.27. The fourth-order valence-electron chi connectivity index (χ4n) is 3.20. The maximum atomic E-state index is 11.8. The topological polar surface area (TPSA) is 259 Å². The van der Waals surface area contributed by atoms with E-state index in [0.29, 0.717) is 0 Å². The molecule has 32 heavy (non-hydrogen) atoms. The SMILES string of the molecule is N[C@@H](CCC(=O)OC[C@H]1O[C@@H](O[C@H]2[C@H](O)[C@@H](O)[C@@H](O)O[C@@H]2CO)[C@H](O)[C@@H](O)[C@H]1O)C(=O)O. The van der Waals surface area contributed by atoms with Crippen LogP contribution in [-0.2, 0) is 28.5 Å². The zero-order chi connectivity index (χ0) is 24.2. The third-order valence-electron chi connectivity index (χ3n) is 5.18. The molecular formula is C17H29NO14. The predicted octanol–water partition coefficient (Wildman–Crippen LogP) is -5.65. The van der Waals surface area contributed by atoms with Gasteiger partial charge in [-0.15, -0.1) is 0 Å². The zero-order valence-corrected chi connectivity index (χ0v) is 16.8. The van der Waals surface area contributed by atoms with E-state index in [-0.39, 0.29) is 12.8 Å². The molecule has 2 aliphatic heterocycles. The van der Waals surface area contributed by atoms with Crippen molar-refractivity contribution in [2.45, 2.75) is 80.3 Å². The second kappa shape index (κ2) is 11.6. The first-order valence-electron chi connectivity index (χ1n) is 9.77. The third kappa shape index (κ3) is 6.30. The molecule has 0 spiro atoms. The number of aliphatic hydroxyl groups excluding tert-OH is 7. The van der Waals surface area contributed by atoms with E-state index in [0.717, 1.165) is 0 Å². The lowest BCUT2D eigenvalue weighted by Gasteiger charge is -2.45. The van der Waals surface area contributed by atoms with Crippen molar-refractivity contribution < 1.29 is 69.4 Å². The molecule has 10 N–H and O–H groups in total. The van der Waals surface area contributed by atoms with Crippen LogP contribution in [0.4, 0.5) is 0 Å². The molecule has 0 unspecified atom stereocenters. The number of carboxylic acids is 1. The van der Waals surface area contributed by atoms with Gasteiger partial charge in [0.2, 0.25) is 0 Å². The van der Waals surface area contributed by atoms with Crippen LogP contribution in [0.25, 0.3) is 0 Å². The molecule has 0 aromatic rings. The Hall–Kier alpha value is -1.50. The van der Waals surface area contributed by atoms with Gasteiger partial charge in [-0.1, -0.05) is 0 Å². The minimum absolute atomic E-state index is 0.203. The van der Waals surface area contributed by atoms with Crippen LogP contribution in [0.3, 0.4) is 0 Å². The lowest BCUT2D eigenvalue weighted by Crippen LogP contribution is -2.64. The number of hydrogen-bond acceptors (Lipinski definition) is 14. The molecule has 2 aliphatic rings. The van der Waals surface area contributed by atoms with Crippen molar-refractivity contribution in [2.75, 3.05) is 13.2 Å². The number of ether oxygens (including phenoxy) is 4. The summed E-state index contributed by atoms with van der Waals surface area (Å²) in [6.07, 6.45) is -17.3. The van der Waals surface area contributed by atoms with Crippen LogP contribution < -0.4 is 5.73 Å². The molecule has 0 radical (unpaired) electrons. The normalized spacial score (nSPS) is 41.1. The minimum Gasteiger partial charge on any atom is -0.480 e. The van der Waals surface area contributed by atoms with Gasteiger partial charge in [0.25, 0.3) is 0 Å². The number of carbonyl (C=O) groups excluding carboxylic acids is 1. The highest BCUT2D eigenvalue weighted by atomic mass is 16.7. The van der Waals surface area contributed by atoms with E-state index < -0.39 is 92.6 Å². The number of carboxylic acid groups (broad SMARTS) is 1. The van der Waals surface area contributed by atoms with Crippen LogP contribution in [0, 0.1) is 0 Å². The van der Waals surface area contributed by atoms with Gasteiger partial charge >= 0.3 is 11.9 Å². The molecule has 15 heteroatoms. The molecule has 0 aliphatic carbocycles. The second-order valence-electron chi connectivity index (χ2n) is 7.51. The van der Waals surface area contributed by atoms with E-state index in [2.05, 4.69) is 0 Å². The van der Waals surface area contributed by atoms with Crippen LogP contribution in [-0.4, -0.2) is 133 Å². The van der Waals surface area contributed by atoms with Crippen molar-refractivity contribution in [1.82, 2.24) is 0 Å². The number of hydrogen-bond donors (Lipinski definition) is 9. The van der Waals surface area contributed by atoms with E-state index in [1.165, 1.54) is 0 Å². The Bertz CT molecular complexity index is 634. The molecule has 0 amide bonds. The predicted molar refractivity (Wildman–Crippen MR) is 97.3 cm³/mol. The van der Waals surface area contributed by atoms with Crippen molar-refractivity contribution >= 4 is 11.9 Å². The minimum atomic E-state index is -1.85. The van der Waals surface area contributed by atoms with Crippen molar-refractivity contribution in [1.29, 1.82) is 0 Å². The van der Waals surface area contributed by atoms with E-state index >= 15 is 0 Å². The molecule has 0 aromatic heterocycles. The summed E-state index contributed by atoms with van der Waals surface area (Å²) in [4.78, 5) is 22.4.